The van der Waals surface area contributed by atoms with Gasteiger partial charge in [0, 0.05) is 44.5 Å². The minimum absolute atomic E-state index is 0.0107. The van der Waals surface area contributed by atoms with Gasteiger partial charge in [0.1, 0.15) is 6.04 Å². The lowest BCUT2D eigenvalue weighted by Crippen LogP contribution is -2.50. The fourth-order valence-electron chi connectivity index (χ4n) is 3.07. The quantitative estimate of drug-likeness (QED) is 0.753. The second kappa shape index (κ2) is 7.84. The molecule has 1 aliphatic heterocycles. The molecule has 2 aromatic rings. The molecular formula is C18H21BrF2N4O. The Morgan fingerprint density at radius 3 is 2.58 bits per heavy atom. The highest BCUT2D eigenvalue weighted by molar-refractivity contribution is 9.10. The SMILES string of the molecule is Cc1nn(C(C)C(=O)N2CCN(Cc3cccc(F)c3F)CC2)cc1Br. The van der Waals surface area contributed by atoms with Crippen LogP contribution in [0.1, 0.15) is 24.2 Å². The van der Waals surface area contributed by atoms with E-state index in [0.29, 0.717) is 38.3 Å². The molecule has 3 rings (SSSR count). The predicted octanol–water partition coefficient (Wildman–Crippen LogP) is 3.14. The lowest BCUT2D eigenvalue weighted by Gasteiger charge is -2.36. The Labute approximate surface area is 159 Å². The molecule has 2 heterocycles. The maximum Gasteiger partial charge on any atom is 0.247 e. The van der Waals surface area contributed by atoms with Gasteiger partial charge in [0.15, 0.2) is 11.6 Å². The number of rotatable bonds is 4. The van der Waals surface area contributed by atoms with Crippen LogP contribution in [-0.2, 0) is 11.3 Å². The van der Waals surface area contributed by atoms with Crippen LogP contribution in [0.15, 0.2) is 28.9 Å². The van der Waals surface area contributed by atoms with Gasteiger partial charge in [-0.3, -0.25) is 14.4 Å². The van der Waals surface area contributed by atoms with Crippen molar-refractivity contribution >= 4 is 21.8 Å². The summed E-state index contributed by atoms with van der Waals surface area (Å²) in [5.41, 5.74) is 1.18. The number of amides is 1. The molecule has 1 amide bonds. The first-order valence-electron chi connectivity index (χ1n) is 8.52. The minimum Gasteiger partial charge on any atom is -0.338 e. The van der Waals surface area contributed by atoms with Gasteiger partial charge in [0.05, 0.1) is 10.2 Å². The number of nitrogens with zero attached hydrogens (tertiary/aromatic N) is 4. The number of benzene rings is 1. The van der Waals surface area contributed by atoms with E-state index in [1.807, 2.05) is 18.7 Å². The van der Waals surface area contributed by atoms with Crippen LogP contribution in [0.4, 0.5) is 8.78 Å². The summed E-state index contributed by atoms with van der Waals surface area (Å²) in [5.74, 6) is -1.61. The zero-order valence-corrected chi connectivity index (χ0v) is 16.3. The van der Waals surface area contributed by atoms with Gasteiger partial charge in [0.2, 0.25) is 5.91 Å². The van der Waals surface area contributed by atoms with E-state index in [1.165, 1.54) is 6.07 Å². The van der Waals surface area contributed by atoms with E-state index in [1.54, 1.807) is 21.8 Å². The highest BCUT2D eigenvalue weighted by atomic mass is 79.9. The number of hydrogen-bond acceptors (Lipinski definition) is 3. The van der Waals surface area contributed by atoms with Crippen LogP contribution in [0.5, 0.6) is 0 Å². The van der Waals surface area contributed by atoms with Crippen molar-refractivity contribution in [3.05, 3.63) is 51.8 Å². The first-order chi connectivity index (χ1) is 12.4. The number of carbonyl (C=O) groups is 1. The number of halogens is 3. The zero-order valence-electron chi connectivity index (χ0n) is 14.8. The van der Waals surface area contributed by atoms with Crippen molar-refractivity contribution in [1.82, 2.24) is 19.6 Å². The number of piperazine rings is 1. The van der Waals surface area contributed by atoms with E-state index >= 15 is 0 Å². The van der Waals surface area contributed by atoms with Crippen molar-refractivity contribution in [2.75, 3.05) is 26.2 Å². The van der Waals surface area contributed by atoms with Crippen LogP contribution >= 0.6 is 15.9 Å². The average Bonchev–Trinajstić information content (AvgIpc) is 2.97. The van der Waals surface area contributed by atoms with Gasteiger partial charge in [-0.1, -0.05) is 12.1 Å². The van der Waals surface area contributed by atoms with Crippen LogP contribution in [0.25, 0.3) is 0 Å². The lowest BCUT2D eigenvalue weighted by molar-refractivity contribution is -0.136. The Hall–Kier alpha value is -1.80. The van der Waals surface area contributed by atoms with Crippen molar-refractivity contribution in [2.24, 2.45) is 0 Å². The first-order valence-corrected chi connectivity index (χ1v) is 9.31. The summed E-state index contributed by atoms with van der Waals surface area (Å²) >= 11 is 3.41. The minimum atomic E-state index is -0.828. The number of aryl methyl sites for hydroxylation is 1. The fourth-order valence-corrected chi connectivity index (χ4v) is 3.36. The zero-order chi connectivity index (χ0) is 18.8. The molecule has 1 unspecified atom stereocenters. The summed E-state index contributed by atoms with van der Waals surface area (Å²) in [5, 5.41) is 4.35. The van der Waals surface area contributed by atoms with Gasteiger partial charge in [-0.25, -0.2) is 8.78 Å². The molecule has 1 aliphatic rings. The molecule has 140 valence electrons. The summed E-state index contributed by atoms with van der Waals surface area (Å²) in [6.45, 7) is 6.40. The molecule has 26 heavy (non-hydrogen) atoms. The van der Waals surface area contributed by atoms with E-state index in [9.17, 15) is 13.6 Å². The van der Waals surface area contributed by atoms with Crippen LogP contribution < -0.4 is 0 Å². The van der Waals surface area contributed by atoms with E-state index in [4.69, 9.17) is 0 Å². The van der Waals surface area contributed by atoms with Crippen molar-refractivity contribution in [1.29, 1.82) is 0 Å². The highest BCUT2D eigenvalue weighted by Crippen LogP contribution is 2.19. The molecule has 1 saturated heterocycles. The monoisotopic (exact) mass is 426 g/mol. The second-order valence-corrected chi connectivity index (χ2v) is 7.39. The van der Waals surface area contributed by atoms with Gasteiger partial charge in [-0.05, 0) is 35.8 Å². The van der Waals surface area contributed by atoms with Gasteiger partial charge in [-0.15, -0.1) is 0 Å². The summed E-state index contributed by atoms with van der Waals surface area (Å²) < 4.78 is 29.7. The molecule has 8 heteroatoms. The van der Waals surface area contributed by atoms with Gasteiger partial charge >= 0.3 is 0 Å². The lowest BCUT2D eigenvalue weighted by atomic mass is 10.1. The number of aromatic nitrogens is 2. The largest absolute Gasteiger partial charge is 0.338 e. The molecule has 5 nitrogen and oxygen atoms in total. The van der Waals surface area contributed by atoms with E-state index < -0.39 is 11.6 Å². The summed E-state index contributed by atoms with van der Waals surface area (Å²) in [4.78, 5) is 16.5. The molecular weight excluding hydrogens is 406 g/mol. The van der Waals surface area contributed by atoms with E-state index in [2.05, 4.69) is 21.0 Å². The van der Waals surface area contributed by atoms with Crippen molar-refractivity contribution in [3.63, 3.8) is 0 Å². The topological polar surface area (TPSA) is 41.4 Å². The van der Waals surface area contributed by atoms with Gasteiger partial charge in [-0.2, -0.15) is 5.10 Å². The van der Waals surface area contributed by atoms with Gasteiger partial charge < -0.3 is 4.90 Å². The van der Waals surface area contributed by atoms with E-state index in [0.717, 1.165) is 16.2 Å². The summed E-state index contributed by atoms with van der Waals surface area (Å²) in [7, 11) is 0. The maximum absolute atomic E-state index is 13.8. The Morgan fingerprint density at radius 1 is 1.27 bits per heavy atom. The summed E-state index contributed by atoms with van der Waals surface area (Å²) in [6, 6.07) is 3.84. The smallest absolute Gasteiger partial charge is 0.247 e. The molecule has 1 aromatic heterocycles. The third kappa shape index (κ3) is 3.96. The van der Waals surface area contributed by atoms with Gasteiger partial charge in [0.25, 0.3) is 0 Å². The molecule has 0 N–H and O–H groups in total. The molecule has 0 bridgehead atoms. The first kappa shape index (κ1) is 19.0. The van der Waals surface area contributed by atoms with Crippen LogP contribution in [0.3, 0.4) is 0 Å². The molecule has 1 atom stereocenters. The Bertz CT molecular complexity index is 783. The number of carbonyl (C=O) groups excluding carboxylic acids is 1. The molecule has 0 spiro atoms. The number of hydrogen-bond donors (Lipinski definition) is 0. The fraction of sp³-hybridized carbons (Fsp3) is 0.444. The Kier molecular flexibility index (Phi) is 5.72. The van der Waals surface area contributed by atoms with Crippen molar-refractivity contribution in [3.8, 4) is 0 Å². The van der Waals surface area contributed by atoms with Crippen LogP contribution in [0.2, 0.25) is 0 Å². The predicted molar refractivity (Wildman–Crippen MR) is 97.6 cm³/mol. The second-order valence-electron chi connectivity index (χ2n) is 6.53. The molecule has 0 radical (unpaired) electrons. The average molecular weight is 427 g/mol. The highest BCUT2D eigenvalue weighted by Gasteiger charge is 2.27. The van der Waals surface area contributed by atoms with Crippen LogP contribution in [-0.4, -0.2) is 51.7 Å². The van der Waals surface area contributed by atoms with Crippen molar-refractivity contribution in [2.45, 2.75) is 26.4 Å². The van der Waals surface area contributed by atoms with Crippen molar-refractivity contribution < 1.29 is 13.6 Å². The normalized spacial score (nSPS) is 16.7. The molecule has 0 saturated carbocycles. The molecule has 0 aliphatic carbocycles. The third-order valence-electron chi connectivity index (χ3n) is 4.72. The maximum atomic E-state index is 13.8. The third-order valence-corrected chi connectivity index (χ3v) is 5.50. The standard InChI is InChI=1S/C18H21BrF2N4O/c1-12-15(19)11-25(22-12)13(2)18(26)24-8-6-23(7-9-24)10-14-4-3-5-16(20)17(14)21/h3-5,11,13H,6-10H2,1-2H3. The Morgan fingerprint density at radius 2 is 1.96 bits per heavy atom. The van der Waals surface area contributed by atoms with Crippen LogP contribution in [0, 0.1) is 18.6 Å². The molecule has 1 aromatic carbocycles. The summed E-state index contributed by atoms with van der Waals surface area (Å²) in [6.07, 6.45) is 1.81. The molecule has 1 fully saturated rings. The Balaban J connectivity index is 1.57. The van der Waals surface area contributed by atoms with E-state index in [-0.39, 0.29) is 11.9 Å².